The van der Waals surface area contributed by atoms with E-state index in [1.807, 2.05) is 30.1 Å². The molecule has 2 unspecified atom stereocenters. The first kappa shape index (κ1) is 14.1. The van der Waals surface area contributed by atoms with Gasteiger partial charge in [0, 0.05) is 19.6 Å². The fourth-order valence-corrected chi connectivity index (χ4v) is 2.83. The molecule has 2 rings (SSSR count). The van der Waals surface area contributed by atoms with E-state index < -0.39 is 0 Å². The van der Waals surface area contributed by atoms with E-state index in [1.54, 1.807) is 0 Å². The van der Waals surface area contributed by atoms with Gasteiger partial charge >= 0.3 is 0 Å². The number of carbonyl (C=O) groups excluding carboxylic acids is 1. The monoisotopic (exact) mass is 260 g/mol. The number of hydrogen-bond donors (Lipinski definition) is 1. The molecule has 0 aliphatic carbocycles. The zero-order valence-electron chi connectivity index (χ0n) is 11.9. The van der Waals surface area contributed by atoms with Crippen molar-refractivity contribution in [3.63, 3.8) is 0 Å². The van der Waals surface area contributed by atoms with Gasteiger partial charge in [0.1, 0.15) is 0 Å². The highest BCUT2D eigenvalue weighted by molar-refractivity contribution is 5.83. The molecule has 2 atom stereocenters. The zero-order valence-corrected chi connectivity index (χ0v) is 11.9. The number of benzene rings is 1. The summed E-state index contributed by atoms with van der Waals surface area (Å²) >= 11 is 0. The number of hydrogen-bond acceptors (Lipinski definition) is 2. The molecule has 0 aromatic heterocycles. The van der Waals surface area contributed by atoms with Gasteiger partial charge in [-0.05, 0) is 31.4 Å². The summed E-state index contributed by atoms with van der Waals surface area (Å²) in [7, 11) is 1.95. The van der Waals surface area contributed by atoms with Gasteiger partial charge in [-0.3, -0.25) is 4.79 Å². The third kappa shape index (κ3) is 3.35. The fraction of sp³-hybridized carbons (Fsp3) is 0.562. The Morgan fingerprint density at radius 2 is 2.16 bits per heavy atom. The van der Waals surface area contributed by atoms with E-state index in [0.717, 1.165) is 37.9 Å². The number of nitrogens with zero attached hydrogens (tertiary/aromatic N) is 1. The Kier molecular flexibility index (Phi) is 4.97. The van der Waals surface area contributed by atoms with Crippen LogP contribution in [0, 0.1) is 0 Å². The Morgan fingerprint density at radius 3 is 2.74 bits per heavy atom. The quantitative estimate of drug-likeness (QED) is 0.901. The maximum atomic E-state index is 12.7. The third-order valence-electron chi connectivity index (χ3n) is 4.07. The first-order chi connectivity index (χ1) is 9.24. The summed E-state index contributed by atoms with van der Waals surface area (Å²) in [6, 6.07) is 10.5. The van der Waals surface area contributed by atoms with Crippen LogP contribution in [0.1, 0.15) is 37.7 Å². The van der Waals surface area contributed by atoms with Gasteiger partial charge in [0.25, 0.3) is 0 Å². The summed E-state index contributed by atoms with van der Waals surface area (Å²) in [6.45, 7) is 4.09. The van der Waals surface area contributed by atoms with Crippen LogP contribution in [0.25, 0.3) is 0 Å². The van der Waals surface area contributed by atoms with Crippen molar-refractivity contribution in [2.75, 3.05) is 20.1 Å². The number of carbonyl (C=O) groups is 1. The molecule has 3 nitrogen and oxygen atoms in total. The molecule has 1 N–H and O–H groups in total. The Morgan fingerprint density at radius 1 is 1.42 bits per heavy atom. The second-order valence-electron chi connectivity index (χ2n) is 5.32. The minimum Gasteiger partial charge on any atom is -0.341 e. The van der Waals surface area contributed by atoms with Crippen LogP contribution in [0.4, 0.5) is 0 Å². The molecule has 0 bridgehead atoms. The molecule has 1 saturated heterocycles. The Hall–Kier alpha value is -1.35. The summed E-state index contributed by atoms with van der Waals surface area (Å²) in [5.74, 6) is 0.246. The number of rotatable bonds is 4. The molecule has 1 amide bonds. The molecule has 0 saturated carbocycles. The van der Waals surface area contributed by atoms with Crippen LogP contribution in [0.15, 0.2) is 30.3 Å². The third-order valence-corrected chi connectivity index (χ3v) is 4.07. The molecule has 0 radical (unpaired) electrons. The number of piperidine rings is 1. The van der Waals surface area contributed by atoms with Crippen LogP contribution in [0.3, 0.4) is 0 Å². The molecular formula is C16H24N2O. The van der Waals surface area contributed by atoms with Gasteiger partial charge in [0.2, 0.25) is 5.91 Å². The second kappa shape index (κ2) is 6.71. The molecule has 3 heteroatoms. The first-order valence-electron chi connectivity index (χ1n) is 7.26. The lowest BCUT2D eigenvalue weighted by Gasteiger charge is -2.34. The molecule has 1 heterocycles. The van der Waals surface area contributed by atoms with Crippen molar-refractivity contribution in [2.24, 2.45) is 0 Å². The van der Waals surface area contributed by atoms with Crippen molar-refractivity contribution in [3.05, 3.63) is 35.9 Å². The summed E-state index contributed by atoms with van der Waals surface area (Å²) < 4.78 is 0. The highest BCUT2D eigenvalue weighted by Gasteiger charge is 2.27. The van der Waals surface area contributed by atoms with E-state index in [1.165, 1.54) is 0 Å². The van der Waals surface area contributed by atoms with Crippen molar-refractivity contribution < 1.29 is 4.79 Å². The van der Waals surface area contributed by atoms with Crippen LogP contribution in [0.5, 0.6) is 0 Å². The zero-order chi connectivity index (χ0) is 13.7. The van der Waals surface area contributed by atoms with Gasteiger partial charge in [0.05, 0.1) is 5.92 Å². The lowest BCUT2D eigenvalue weighted by Crippen LogP contribution is -2.48. The minimum absolute atomic E-state index is 0.00636. The normalized spacial score (nSPS) is 20.8. The standard InChI is InChI=1S/C16H24N2O/c1-3-15(13-8-5-4-6-9-13)16(19)18(2)14-10-7-11-17-12-14/h4-6,8-9,14-15,17H,3,7,10-12H2,1-2H3. The number of amides is 1. The van der Waals surface area contributed by atoms with Crippen molar-refractivity contribution in [1.82, 2.24) is 10.2 Å². The average molecular weight is 260 g/mol. The highest BCUT2D eigenvalue weighted by Crippen LogP contribution is 2.23. The number of likely N-dealkylation sites (N-methyl/N-ethyl adjacent to an activating group) is 1. The Labute approximate surface area is 116 Å². The molecule has 0 spiro atoms. The molecule has 104 valence electrons. The Balaban J connectivity index is 2.07. The molecule has 1 fully saturated rings. The molecule has 1 aromatic rings. The predicted molar refractivity (Wildman–Crippen MR) is 78.1 cm³/mol. The van der Waals surface area contributed by atoms with Crippen LogP contribution in [-0.4, -0.2) is 37.0 Å². The molecule has 1 aromatic carbocycles. The number of nitrogens with one attached hydrogen (secondary N) is 1. The van der Waals surface area contributed by atoms with E-state index in [2.05, 4.69) is 24.4 Å². The lowest BCUT2D eigenvalue weighted by atomic mass is 9.94. The van der Waals surface area contributed by atoms with Crippen molar-refractivity contribution in [1.29, 1.82) is 0 Å². The summed E-state index contributed by atoms with van der Waals surface area (Å²) in [4.78, 5) is 14.6. The predicted octanol–water partition coefficient (Wildman–Crippen LogP) is 2.39. The maximum Gasteiger partial charge on any atom is 0.230 e. The lowest BCUT2D eigenvalue weighted by molar-refractivity contribution is -0.134. The first-order valence-corrected chi connectivity index (χ1v) is 7.26. The second-order valence-corrected chi connectivity index (χ2v) is 5.32. The molecular weight excluding hydrogens is 236 g/mol. The summed E-state index contributed by atoms with van der Waals surface area (Å²) in [5.41, 5.74) is 1.13. The van der Waals surface area contributed by atoms with Gasteiger partial charge in [-0.1, -0.05) is 37.3 Å². The van der Waals surface area contributed by atoms with E-state index in [4.69, 9.17) is 0 Å². The molecule has 1 aliphatic rings. The minimum atomic E-state index is -0.00636. The van der Waals surface area contributed by atoms with Crippen molar-refractivity contribution in [2.45, 2.75) is 38.1 Å². The maximum absolute atomic E-state index is 12.7. The highest BCUT2D eigenvalue weighted by atomic mass is 16.2. The molecule has 1 aliphatic heterocycles. The topological polar surface area (TPSA) is 32.3 Å². The van der Waals surface area contributed by atoms with Gasteiger partial charge < -0.3 is 10.2 Å². The Bertz CT molecular complexity index is 398. The summed E-state index contributed by atoms with van der Waals surface area (Å²) in [6.07, 6.45) is 3.12. The van der Waals surface area contributed by atoms with Crippen LogP contribution >= 0.6 is 0 Å². The van der Waals surface area contributed by atoms with E-state index in [9.17, 15) is 4.79 Å². The van der Waals surface area contributed by atoms with Gasteiger partial charge in [-0.15, -0.1) is 0 Å². The largest absolute Gasteiger partial charge is 0.341 e. The average Bonchev–Trinajstić information content (AvgIpc) is 2.49. The van der Waals surface area contributed by atoms with Crippen molar-refractivity contribution >= 4 is 5.91 Å². The van der Waals surface area contributed by atoms with Crippen molar-refractivity contribution in [3.8, 4) is 0 Å². The SMILES string of the molecule is CCC(C(=O)N(C)C1CCCNC1)c1ccccc1. The summed E-state index contributed by atoms with van der Waals surface area (Å²) in [5, 5.41) is 3.37. The van der Waals surface area contributed by atoms with Gasteiger partial charge in [0.15, 0.2) is 0 Å². The van der Waals surface area contributed by atoms with E-state index in [0.29, 0.717) is 6.04 Å². The smallest absolute Gasteiger partial charge is 0.230 e. The fourth-order valence-electron chi connectivity index (χ4n) is 2.83. The van der Waals surface area contributed by atoms with Gasteiger partial charge in [-0.2, -0.15) is 0 Å². The molecule has 19 heavy (non-hydrogen) atoms. The van der Waals surface area contributed by atoms with Gasteiger partial charge in [-0.25, -0.2) is 0 Å². The van der Waals surface area contributed by atoms with Crippen LogP contribution in [0.2, 0.25) is 0 Å². The van der Waals surface area contributed by atoms with E-state index >= 15 is 0 Å². The van der Waals surface area contributed by atoms with E-state index in [-0.39, 0.29) is 11.8 Å². The van der Waals surface area contributed by atoms with Crippen LogP contribution < -0.4 is 5.32 Å². The van der Waals surface area contributed by atoms with Crippen LogP contribution in [-0.2, 0) is 4.79 Å².